The molecule has 0 radical (unpaired) electrons. The van der Waals surface area contributed by atoms with Gasteiger partial charge in [0.25, 0.3) is 5.91 Å². The SMILES string of the molecule is Cc1ccc(NC(=O)COC(=O)CN2C(=O)[C@@H]3[C@H]4C[C@@H]([C@H](Br)[C@H]4Br)[C@H]3C2=O)c(C)c1. The second-order valence-corrected chi connectivity index (χ2v) is 10.4. The summed E-state index contributed by atoms with van der Waals surface area (Å²) < 4.78 is 5.02. The van der Waals surface area contributed by atoms with Gasteiger partial charge in [-0.1, -0.05) is 49.6 Å². The first-order valence-corrected chi connectivity index (χ1v) is 11.7. The molecule has 6 atom stereocenters. The van der Waals surface area contributed by atoms with Crippen molar-refractivity contribution in [3.05, 3.63) is 29.3 Å². The summed E-state index contributed by atoms with van der Waals surface area (Å²) in [5.41, 5.74) is 2.62. The van der Waals surface area contributed by atoms with Gasteiger partial charge in [0.15, 0.2) is 6.61 Å². The molecule has 4 rings (SSSR count). The van der Waals surface area contributed by atoms with Crippen LogP contribution in [0, 0.1) is 37.5 Å². The van der Waals surface area contributed by atoms with Gasteiger partial charge in [0, 0.05) is 15.3 Å². The van der Waals surface area contributed by atoms with E-state index in [0.717, 1.165) is 22.4 Å². The van der Waals surface area contributed by atoms with Crippen LogP contribution in [0.5, 0.6) is 0 Å². The zero-order valence-electron chi connectivity index (χ0n) is 16.6. The number of fused-ring (bicyclic) bond motifs is 5. The number of benzene rings is 1. The minimum Gasteiger partial charge on any atom is -0.454 e. The van der Waals surface area contributed by atoms with Crippen molar-refractivity contribution in [2.45, 2.75) is 29.9 Å². The second kappa shape index (κ2) is 8.07. The van der Waals surface area contributed by atoms with E-state index in [1.807, 2.05) is 26.0 Å². The summed E-state index contributed by atoms with van der Waals surface area (Å²) in [5.74, 6) is -2.44. The van der Waals surface area contributed by atoms with Gasteiger partial charge in [-0.25, -0.2) is 0 Å². The molecule has 3 fully saturated rings. The standard InChI is InChI=1S/C21H22Br2N2O5/c1-9-3-4-13(10(2)5-9)24-14(26)8-30-15(27)7-25-20(28)16-11-6-12(17(16)21(25)29)19(23)18(11)22/h3-5,11-12,16-19H,6-8H2,1-2H3,(H,24,26)/t11-,12-,16-,17-,18+,19+/m1/s1. The molecule has 1 saturated heterocycles. The van der Waals surface area contributed by atoms with Crippen molar-refractivity contribution in [3.63, 3.8) is 0 Å². The van der Waals surface area contributed by atoms with E-state index in [0.29, 0.717) is 5.69 Å². The number of hydrogen-bond donors (Lipinski definition) is 1. The Morgan fingerprint density at radius 1 is 1.10 bits per heavy atom. The molecule has 0 unspecified atom stereocenters. The lowest BCUT2D eigenvalue weighted by molar-refractivity contribution is -0.154. The van der Waals surface area contributed by atoms with Crippen molar-refractivity contribution >= 4 is 61.2 Å². The van der Waals surface area contributed by atoms with Gasteiger partial charge in [-0.05, 0) is 43.7 Å². The fourth-order valence-electron chi connectivity index (χ4n) is 5.03. The highest BCUT2D eigenvalue weighted by molar-refractivity contribution is 9.12. The van der Waals surface area contributed by atoms with Gasteiger partial charge in [0.1, 0.15) is 6.54 Å². The van der Waals surface area contributed by atoms with Gasteiger partial charge >= 0.3 is 5.97 Å². The number of ether oxygens (including phenoxy) is 1. The monoisotopic (exact) mass is 540 g/mol. The number of alkyl halides is 2. The zero-order chi connectivity index (χ0) is 21.7. The second-order valence-electron chi connectivity index (χ2n) is 8.29. The van der Waals surface area contributed by atoms with E-state index in [2.05, 4.69) is 37.2 Å². The molecule has 7 nitrogen and oxygen atoms in total. The van der Waals surface area contributed by atoms with Crippen molar-refractivity contribution in [1.82, 2.24) is 4.90 Å². The number of esters is 1. The largest absolute Gasteiger partial charge is 0.454 e. The summed E-state index contributed by atoms with van der Waals surface area (Å²) in [6, 6.07) is 5.59. The number of anilines is 1. The van der Waals surface area contributed by atoms with Crippen LogP contribution in [0.25, 0.3) is 0 Å². The first-order valence-electron chi connectivity index (χ1n) is 9.85. The quantitative estimate of drug-likeness (QED) is 0.351. The minimum absolute atomic E-state index is 0.0883. The number of likely N-dealkylation sites (tertiary alicyclic amines) is 1. The number of imide groups is 1. The van der Waals surface area contributed by atoms with Gasteiger partial charge in [-0.3, -0.25) is 24.1 Å². The molecule has 1 aliphatic heterocycles. The first kappa shape index (κ1) is 21.5. The molecule has 1 heterocycles. The van der Waals surface area contributed by atoms with Crippen LogP contribution < -0.4 is 5.32 Å². The fraction of sp³-hybridized carbons (Fsp3) is 0.524. The lowest BCUT2D eigenvalue weighted by Gasteiger charge is -2.28. The van der Waals surface area contributed by atoms with Gasteiger partial charge in [0.05, 0.1) is 11.8 Å². The van der Waals surface area contributed by atoms with Crippen molar-refractivity contribution in [1.29, 1.82) is 0 Å². The van der Waals surface area contributed by atoms with E-state index in [4.69, 9.17) is 4.74 Å². The summed E-state index contributed by atoms with van der Waals surface area (Å²) in [7, 11) is 0. The van der Waals surface area contributed by atoms with Gasteiger partial charge in [0.2, 0.25) is 11.8 Å². The Morgan fingerprint density at radius 3 is 2.27 bits per heavy atom. The smallest absolute Gasteiger partial charge is 0.326 e. The molecule has 1 aromatic rings. The summed E-state index contributed by atoms with van der Waals surface area (Å²) >= 11 is 7.25. The molecular formula is C21H22Br2N2O5. The molecule has 0 spiro atoms. The van der Waals surface area contributed by atoms with Crippen molar-refractivity contribution in [2.24, 2.45) is 23.7 Å². The van der Waals surface area contributed by atoms with E-state index in [-0.39, 0.29) is 45.1 Å². The highest BCUT2D eigenvalue weighted by atomic mass is 79.9. The van der Waals surface area contributed by atoms with Crippen LogP contribution >= 0.6 is 31.9 Å². The predicted octanol–water partition coefficient (Wildman–Crippen LogP) is 2.56. The van der Waals surface area contributed by atoms with Gasteiger partial charge in [-0.2, -0.15) is 0 Å². The van der Waals surface area contributed by atoms with Crippen LogP contribution in [0.15, 0.2) is 18.2 Å². The Hall–Kier alpha value is -1.74. The fourth-order valence-corrected chi connectivity index (χ4v) is 6.90. The van der Waals surface area contributed by atoms with Crippen LogP contribution in [0.4, 0.5) is 5.69 Å². The number of carbonyl (C=O) groups is 4. The molecule has 1 N–H and O–H groups in total. The summed E-state index contributed by atoms with van der Waals surface area (Å²) in [4.78, 5) is 51.2. The molecule has 3 amide bonds. The van der Waals surface area contributed by atoms with E-state index < -0.39 is 25.0 Å². The van der Waals surface area contributed by atoms with Gasteiger partial charge < -0.3 is 10.1 Å². The molecule has 0 aromatic heterocycles. The Kier molecular flexibility index (Phi) is 5.78. The van der Waals surface area contributed by atoms with E-state index in [1.165, 1.54) is 0 Å². The number of rotatable bonds is 5. The van der Waals surface area contributed by atoms with Crippen molar-refractivity contribution in [3.8, 4) is 0 Å². The van der Waals surface area contributed by atoms with Crippen LogP contribution in [0.2, 0.25) is 0 Å². The van der Waals surface area contributed by atoms with Crippen LogP contribution in [-0.2, 0) is 23.9 Å². The third-order valence-electron chi connectivity index (χ3n) is 6.39. The number of carbonyl (C=O) groups excluding carboxylic acids is 4. The Balaban J connectivity index is 1.32. The lowest BCUT2D eigenvalue weighted by Crippen LogP contribution is -2.38. The van der Waals surface area contributed by atoms with E-state index in [1.54, 1.807) is 6.07 Å². The molecule has 30 heavy (non-hydrogen) atoms. The maximum absolute atomic E-state index is 12.8. The normalized spacial score (nSPS) is 31.8. The molecular weight excluding hydrogens is 520 g/mol. The average molecular weight is 542 g/mol. The highest BCUT2D eigenvalue weighted by Crippen LogP contribution is 2.60. The molecule has 9 heteroatoms. The number of nitrogens with zero attached hydrogens (tertiary/aromatic N) is 1. The molecule has 2 aliphatic carbocycles. The summed E-state index contributed by atoms with van der Waals surface area (Å²) in [6.07, 6.45) is 0.829. The van der Waals surface area contributed by atoms with Gasteiger partial charge in [-0.15, -0.1) is 0 Å². The van der Waals surface area contributed by atoms with E-state index >= 15 is 0 Å². The van der Waals surface area contributed by atoms with Crippen LogP contribution in [0.3, 0.4) is 0 Å². The Labute approximate surface area is 191 Å². The number of nitrogens with one attached hydrogen (secondary N) is 1. The molecule has 2 saturated carbocycles. The zero-order valence-corrected chi connectivity index (χ0v) is 19.7. The highest BCUT2D eigenvalue weighted by Gasteiger charge is 2.66. The average Bonchev–Trinajstić information content (AvgIpc) is 3.29. The minimum atomic E-state index is -0.773. The summed E-state index contributed by atoms with van der Waals surface area (Å²) in [5, 5.41) is 2.69. The third-order valence-corrected chi connectivity index (χ3v) is 9.59. The van der Waals surface area contributed by atoms with Crippen molar-refractivity contribution in [2.75, 3.05) is 18.5 Å². The van der Waals surface area contributed by atoms with Crippen LogP contribution in [-0.4, -0.2) is 51.4 Å². The maximum Gasteiger partial charge on any atom is 0.326 e. The molecule has 3 aliphatic rings. The van der Waals surface area contributed by atoms with E-state index in [9.17, 15) is 19.2 Å². The number of aryl methyl sites for hydroxylation is 2. The predicted molar refractivity (Wildman–Crippen MR) is 116 cm³/mol. The third kappa shape index (κ3) is 3.60. The Bertz CT molecular complexity index is 904. The number of halogens is 2. The Morgan fingerprint density at radius 2 is 1.70 bits per heavy atom. The lowest BCUT2D eigenvalue weighted by atomic mass is 9.81. The van der Waals surface area contributed by atoms with Crippen molar-refractivity contribution < 1.29 is 23.9 Å². The van der Waals surface area contributed by atoms with Crippen LogP contribution in [0.1, 0.15) is 17.5 Å². The summed E-state index contributed by atoms with van der Waals surface area (Å²) in [6.45, 7) is 2.89. The molecule has 2 bridgehead atoms. The number of amides is 3. The maximum atomic E-state index is 12.8. The molecule has 1 aromatic carbocycles. The first-order chi connectivity index (χ1) is 14.2. The topological polar surface area (TPSA) is 92.8 Å². The molecule has 160 valence electrons. The number of hydrogen-bond acceptors (Lipinski definition) is 5.